The van der Waals surface area contributed by atoms with Crippen molar-refractivity contribution in [3.8, 4) is 5.75 Å². The van der Waals surface area contributed by atoms with Crippen molar-refractivity contribution >= 4 is 28.3 Å². The van der Waals surface area contributed by atoms with Gasteiger partial charge in [-0.3, -0.25) is 4.79 Å². The molecule has 2 nitrogen and oxygen atoms in total. The molecule has 0 fully saturated rings. The van der Waals surface area contributed by atoms with Crippen molar-refractivity contribution in [2.45, 2.75) is 0 Å². The zero-order valence-electron chi connectivity index (χ0n) is 7.46. The number of benzene rings is 1. The van der Waals surface area contributed by atoms with Gasteiger partial charge in [-0.15, -0.1) is 0 Å². The van der Waals surface area contributed by atoms with Gasteiger partial charge in [0.1, 0.15) is 6.29 Å². The Balaban J connectivity index is 3.24. The van der Waals surface area contributed by atoms with Crippen LogP contribution in [0.25, 0.3) is 6.08 Å². The van der Waals surface area contributed by atoms with Gasteiger partial charge in [0.25, 0.3) is 0 Å². The largest absolute Gasteiger partial charge is 0.493 e. The van der Waals surface area contributed by atoms with Gasteiger partial charge in [0.05, 0.1) is 7.11 Å². The summed E-state index contributed by atoms with van der Waals surface area (Å²) in [6, 6.07) is 2.97. The summed E-state index contributed by atoms with van der Waals surface area (Å²) >= 11 is 3.15. The van der Waals surface area contributed by atoms with Crippen LogP contribution >= 0.6 is 15.9 Å². The summed E-state index contributed by atoms with van der Waals surface area (Å²) in [5.74, 6) is -0.335. The maximum Gasteiger partial charge on any atom is 0.166 e. The van der Waals surface area contributed by atoms with Crippen LogP contribution in [0.5, 0.6) is 5.75 Å². The molecule has 4 heteroatoms. The number of hydrogen-bond acceptors (Lipinski definition) is 2. The Morgan fingerprint density at radius 1 is 1.50 bits per heavy atom. The fourth-order valence-electron chi connectivity index (χ4n) is 1.06. The van der Waals surface area contributed by atoms with Crippen molar-refractivity contribution in [2.24, 2.45) is 0 Å². The van der Waals surface area contributed by atoms with Crippen LogP contribution in [0.3, 0.4) is 0 Å². The van der Waals surface area contributed by atoms with Gasteiger partial charge >= 0.3 is 0 Å². The van der Waals surface area contributed by atoms with E-state index in [0.29, 0.717) is 16.3 Å². The van der Waals surface area contributed by atoms with E-state index in [-0.39, 0.29) is 5.75 Å². The van der Waals surface area contributed by atoms with E-state index in [1.165, 1.54) is 25.3 Å². The van der Waals surface area contributed by atoms with E-state index in [4.69, 9.17) is 4.74 Å². The summed E-state index contributed by atoms with van der Waals surface area (Å²) in [6.07, 6.45) is 3.39. The first-order valence-corrected chi connectivity index (χ1v) is 4.63. The second-order valence-corrected chi connectivity index (χ2v) is 3.42. The van der Waals surface area contributed by atoms with Crippen LogP contribution in [-0.4, -0.2) is 13.4 Å². The number of ether oxygens (including phenoxy) is 1. The molecular weight excluding hydrogens is 251 g/mol. The summed E-state index contributed by atoms with van der Waals surface area (Å²) in [5, 5.41) is 0. The van der Waals surface area contributed by atoms with Crippen LogP contribution in [0, 0.1) is 5.82 Å². The molecule has 0 aromatic heterocycles. The number of methoxy groups -OCH3 is 1. The average Bonchev–Trinajstić information content (AvgIpc) is 2.14. The third-order valence-corrected chi connectivity index (χ3v) is 2.05. The number of allylic oxidation sites excluding steroid dienone is 1. The van der Waals surface area contributed by atoms with Crippen molar-refractivity contribution in [1.82, 2.24) is 0 Å². The standard InChI is InChI=1S/C10H8BrFO2/c1-14-10-7(3-2-4-13)5-8(11)6-9(10)12/h2-6H,1H3/b3-2+. The topological polar surface area (TPSA) is 26.3 Å². The Morgan fingerprint density at radius 2 is 2.21 bits per heavy atom. The number of hydrogen-bond donors (Lipinski definition) is 0. The van der Waals surface area contributed by atoms with E-state index in [2.05, 4.69) is 15.9 Å². The molecule has 1 rings (SSSR count). The van der Waals surface area contributed by atoms with Gasteiger partial charge in [-0.2, -0.15) is 0 Å². The second kappa shape index (κ2) is 4.91. The lowest BCUT2D eigenvalue weighted by atomic mass is 10.2. The fourth-order valence-corrected chi connectivity index (χ4v) is 1.51. The average molecular weight is 259 g/mol. The smallest absolute Gasteiger partial charge is 0.166 e. The van der Waals surface area contributed by atoms with E-state index in [1.807, 2.05) is 0 Å². The molecule has 0 atom stereocenters. The van der Waals surface area contributed by atoms with Crippen molar-refractivity contribution in [2.75, 3.05) is 7.11 Å². The summed E-state index contributed by atoms with van der Waals surface area (Å²) in [5.41, 5.74) is 0.520. The molecule has 74 valence electrons. The molecule has 1 aromatic carbocycles. The van der Waals surface area contributed by atoms with Crippen LogP contribution in [-0.2, 0) is 4.79 Å². The zero-order chi connectivity index (χ0) is 10.6. The molecule has 0 bridgehead atoms. The molecular formula is C10H8BrFO2. The molecule has 0 saturated heterocycles. The highest BCUT2D eigenvalue weighted by Crippen LogP contribution is 2.27. The molecule has 0 aliphatic rings. The highest BCUT2D eigenvalue weighted by molar-refractivity contribution is 9.10. The first-order valence-electron chi connectivity index (χ1n) is 3.84. The van der Waals surface area contributed by atoms with Gasteiger partial charge in [0, 0.05) is 10.0 Å². The molecule has 0 unspecified atom stereocenters. The Bertz CT molecular complexity index is 375. The molecule has 0 spiro atoms. The van der Waals surface area contributed by atoms with E-state index in [1.54, 1.807) is 6.07 Å². The van der Waals surface area contributed by atoms with E-state index in [9.17, 15) is 9.18 Å². The molecule has 0 N–H and O–H groups in total. The van der Waals surface area contributed by atoms with E-state index in [0.717, 1.165) is 0 Å². The number of carbonyl (C=O) groups is 1. The van der Waals surface area contributed by atoms with Gasteiger partial charge < -0.3 is 4.74 Å². The molecule has 0 aliphatic carbocycles. The summed E-state index contributed by atoms with van der Waals surface area (Å²) in [4.78, 5) is 10.1. The number of halogens is 2. The van der Waals surface area contributed by atoms with Crippen molar-refractivity contribution in [1.29, 1.82) is 0 Å². The monoisotopic (exact) mass is 258 g/mol. The zero-order valence-corrected chi connectivity index (χ0v) is 9.05. The lowest BCUT2D eigenvalue weighted by molar-refractivity contribution is -0.104. The van der Waals surface area contributed by atoms with Crippen molar-refractivity contribution in [3.63, 3.8) is 0 Å². The molecule has 1 aromatic rings. The van der Waals surface area contributed by atoms with Crippen LogP contribution < -0.4 is 4.74 Å². The Morgan fingerprint density at radius 3 is 2.79 bits per heavy atom. The summed E-state index contributed by atoms with van der Waals surface area (Å²) in [7, 11) is 1.38. The fraction of sp³-hybridized carbons (Fsp3) is 0.100. The van der Waals surface area contributed by atoms with E-state index >= 15 is 0 Å². The third kappa shape index (κ3) is 2.42. The molecule has 0 saturated carbocycles. The van der Waals surface area contributed by atoms with Crippen LogP contribution in [0.4, 0.5) is 4.39 Å². The van der Waals surface area contributed by atoms with Crippen LogP contribution in [0.15, 0.2) is 22.7 Å². The van der Waals surface area contributed by atoms with Gasteiger partial charge in [0.15, 0.2) is 11.6 Å². The summed E-state index contributed by atoms with van der Waals surface area (Å²) < 4.78 is 18.7. The number of aldehydes is 1. The van der Waals surface area contributed by atoms with Gasteiger partial charge in [-0.25, -0.2) is 4.39 Å². The lowest BCUT2D eigenvalue weighted by Crippen LogP contribution is -1.91. The maximum absolute atomic E-state index is 13.3. The van der Waals surface area contributed by atoms with Gasteiger partial charge in [0.2, 0.25) is 0 Å². The molecule has 0 aliphatic heterocycles. The minimum Gasteiger partial charge on any atom is -0.493 e. The second-order valence-electron chi connectivity index (χ2n) is 2.51. The lowest BCUT2D eigenvalue weighted by Gasteiger charge is -2.06. The highest BCUT2D eigenvalue weighted by atomic mass is 79.9. The predicted octanol–water partition coefficient (Wildman–Crippen LogP) is 2.81. The quantitative estimate of drug-likeness (QED) is 0.616. The van der Waals surface area contributed by atoms with Gasteiger partial charge in [-0.05, 0) is 24.3 Å². The first-order chi connectivity index (χ1) is 6.69. The van der Waals surface area contributed by atoms with Gasteiger partial charge in [-0.1, -0.05) is 15.9 Å². The van der Waals surface area contributed by atoms with Crippen molar-refractivity contribution < 1.29 is 13.9 Å². The normalized spacial score (nSPS) is 10.5. The Kier molecular flexibility index (Phi) is 3.83. The summed E-state index contributed by atoms with van der Waals surface area (Å²) in [6.45, 7) is 0. The minimum absolute atomic E-state index is 0.131. The molecule has 0 radical (unpaired) electrons. The minimum atomic E-state index is -0.465. The van der Waals surface area contributed by atoms with E-state index < -0.39 is 5.82 Å². The predicted molar refractivity (Wildman–Crippen MR) is 55.8 cm³/mol. The SMILES string of the molecule is COc1c(F)cc(Br)cc1/C=C/C=O. The third-order valence-electron chi connectivity index (χ3n) is 1.60. The highest BCUT2D eigenvalue weighted by Gasteiger charge is 2.08. The number of carbonyl (C=O) groups excluding carboxylic acids is 1. The molecule has 0 heterocycles. The van der Waals surface area contributed by atoms with Crippen molar-refractivity contribution in [3.05, 3.63) is 34.1 Å². The first kappa shape index (κ1) is 10.9. The number of rotatable bonds is 3. The Labute approximate surface area is 89.5 Å². The van der Waals surface area contributed by atoms with Crippen LogP contribution in [0.2, 0.25) is 0 Å². The molecule has 14 heavy (non-hydrogen) atoms. The van der Waals surface area contributed by atoms with Crippen LogP contribution in [0.1, 0.15) is 5.56 Å². The maximum atomic E-state index is 13.3. The Hall–Kier alpha value is -1.16. The molecule has 0 amide bonds.